The van der Waals surface area contributed by atoms with Crippen molar-refractivity contribution in [2.24, 2.45) is 0 Å². The van der Waals surface area contributed by atoms with Gasteiger partial charge in [0.1, 0.15) is 11.5 Å². The quantitative estimate of drug-likeness (QED) is 0.867. The number of aromatic amines is 1. The third-order valence-electron chi connectivity index (χ3n) is 2.32. The summed E-state index contributed by atoms with van der Waals surface area (Å²) in [6.45, 7) is 3.86. The van der Waals surface area contributed by atoms with Gasteiger partial charge < -0.3 is 4.98 Å². The first-order chi connectivity index (χ1) is 8.19. The second-order valence-corrected chi connectivity index (χ2v) is 3.82. The monoisotopic (exact) mass is 230 g/mol. The van der Waals surface area contributed by atoms with Gasteiger partial charge in [-0.15, -0.1) is 0 Å². The number of rotatable bonds is 3. The number of H-pyrrole nitrogens is 1. The Morgan fingerprint density at radius 2 is 2.18 bits per heavy atom. The first-order valence-electron chi connectivity index (χ1n) is 5.59. The van der Waals surface area contributed by atoms with Gasteiger partial charge in [0.15, 0.2) is 5.82 Å². The zero-order valence-electron chi connectivity index (χ0n) is 9.90. The molecule has 0 saturated heterocycles. The van der Waals surface area contributed by atoms with Gasteiger partial charge in [-0.2, -0.15) is 0 Å². The van der Waals surface area contributed by atoms with Crippen LogP contribution >= 0.6 is 0 Å². The van der Waals surface area contributed by atoms with Crippen molar-refractivity contribution < 1.29 is 0 Å². The predicted octanol–water partition coefficient (Wildman–Crippen LogP) is 1.49. The lowest BCUT2D eigenvalue weighted by molar-refractivity contribution is 0.867. The molecule has 0 bridgehead atoms. The number of aryl methyl sites for hydroxylation is 2. The molecule has 0 aliphatic heterocycles. The van der Waals surface area contributed by atoms with E-state index in [4.69, 9.17) is 0 Å². The molecule has 88 valence electrons. The number of aromatic nitrogens is 4. The second-order valence-electron chi connectivity index (χ2n) is 3.82. The molecule has 1 N–H and O–H groups in total. The van der Waals surface area contributed by atoms with E-state index in [1.165, 1.54) is 6.07 Å². The third kappa shape index (κ3) is 2.75. The van der Waals surface area contributed by atoms with E-state index in [9.17, 15) is 4.79 Å². The van der Waals surface area contributed by atoms with Crippen LogP contribution in [0.2, 0.25) is 0 Å². The normalized spacial score (nSPS) is 10.5. The maximum Gasteiger partial charge on any atom is 0.251 e. The van der Waals surface area contributed by atoms with E-state index in [1.807, 2.05) is 0 Å². The SMILES string of the molecule is CCCc1cc(=O)[nH]c(-c2ccnc(C)n2)n1. The van der Waals surface area contributed by atoms with Crippen LogP contribution in [0, 0.1) is 6.92 Å². The van der Waals surface area contributed by atoms with E-state index in [0.717, 1.165) is 18.5 Å². The van der Waals surface area contributed by atoms with Crippen molar-refractivity contribution in [1.29, 1.82) is 0 Å². The number of hydrogen-bond acceptors (Lipinski definition) is 4. The van der Waals surface area contributed by atoms with Crippen LogP contribution in [0.25, 0.3) is 11.5 Å². The van der Waals surface area contributed by atoms with Crippen molar-refractivity contribution >= 4 is 0 Å². The van der Waals surface area contributed by atoms with Crippen LogP contribution in [-0.2, 0) is 6.42 Å². The minimum Gasteiger partial charge on any atom is -0.305 e. The predicted molar refractivity (Wildman–Crippen MR) is 64.6 cm³/mol. The Morgan fingerprint density at radius 1 is 1.35 bits per heavy atom. The van der Waals surface area contributed by atoms with Crippen molar-refractivity contribution in [1.82, 2.24) is 19.9 Å². The molecule has 0 radical (unpaired) electrons. The molecule has 2 aromatic rings. The summed E-state index contributed by atoms with van der Waals surface area (Å²) in [5.41, 5.74) is 1.30. The Bertz CT molecular complexity index is 577. The first kappa shape index (κ1) is 11.4. The minimum absolute atomic E-state index is 0.144. The van der Waals surface area contributed by atoms with Gasteiger partial charge in [-0.3, -0.25) is 4.79 Å². The summed E-state index contributed by atoms with van der Waals surface area (Å²) >= 11 is 0. The molecule has 0 spiro atoms. The maximum atomic E-state index is 11.5. The van der Waals surface area contributed by atoms with Crippen LogP contribution in [0.3, 0.4) is 0 Å². The van der Waals surface area contributed by atoms with Crippen LogP contribution in [0.1, 0.15) is 24.9 Å². The Morgan fingerprint density at radius 3 is 2.88 bits per heavy atom. The highest BCUT2D eigenvalue weighted by Gasteiger charge is 2.05. The lowest BCUT2D eigenvalue weighted by Crippen LogP contribution is -2.11. The van der Waals surface area contributed by atoms with Crippen LogP contribution < -0.4 is 5.56 Å². The molecule has 0 aromatic carbocycles. The molecular formula is C12H14N4O. The topological polar surface area (TPSA) is 71.5 Å². The van der Waals surface area contributed by atoms with Crippen molar-refractivity contribution in [3.05, 3.63) is 40.2 Å². The Hall–Kier alpha value is -2.04. The molecule has 0 fully saturated rings. The van der Waals surface area contributed by atoms with Gasteiger partial charge in [-0.1, -0.05) is 13.3 Å². The Balaban J connectivity index is 2.48. The third-order valence-corrected chi connectivity index (χ3v) is 2.32. The molecule has 0 atom stereocenters. The number of nitrogens with one attached hydrogen (secondary N) is 1. The Kier molecular flexibility index (Phi) is 3.27. The molecule has 5 nitrogen and oxygen atoms in total. The van der Waals surface area contributed by atoms with E-state index in [1.54, 1.807) is 19.2 Å². The lowest BCUT2D eigenvalue weighted by atomic mass is 10.2. The van der Waals surface area contributed by atoms with E-state index >= 15 is 0 Å². The van der Waals surface area contributed by atoms with Gasteiger partial charge in [0.25, 0.3) is 5.56 Å². The summed E-state index contributed by atoms with van der Waals surface area (Å²) in [5.74, 6) is 1.16. The van der Waals surface area contributed by atoms with Crippen LogP contribution in [0.4, 0.5) is 0 Å². The molecule has 0 saturated carbocycles. The largest absolute Gasteiger partial charge is 0.305 e. The average Bonchev–Trinajstić information content (AvgIpc) is 2.28. The fraction of sp³-hybridized carbons (Fsp3) is 0.333. The van der Waals surface area contributed by atoms with E-state index in [-0.39, 0.29) is 5.56 Å². The first-order valence-corrected chi connectivity index (χ1v) is 5.59. The molecule has 2 heterocycles. The van der Waals surface area contributed by atoms with Crippen molar-refractivity contribution in [2.45, 2.75) is 26.7 Å². The minimum atomic E-state index is -0.144. The zero-order chi connectivity index (χ0) is 12.3. The van der Waals surface area contributed by atoms with Gasteiger partial charge in [0.05, 0.1) is 0 Å². The second kappa shape index (κ2) is 4.86. The molecule has 0 aliphatic rings. The fourth-order valence-corrected chi connectivity index (χ4v) is 1.60. The molecule has 17 heavy (non-hydrogen) atoms. The highest BCUT2D eigenvalue weighted by molar-refractivity contribution is 5.47. The summed E-state index contributed by atoms with van der Waals surface area (Å²) in [7, 11) is 0. The molecular weight excluding hydrogens is 216 g/mol. The van der Waals surface area contributed by atoms with Crippen LogP contribution in [0.15, 0.2) is 23.1 Å². The van der Waals surface area contributed by atoms with Crippen LogP contribution in [-0.4, -0.2) is 19.9 Å². The van der Waals surface area contributed by atoms with E-state index < -0.39 is 0 Å². The van der Waals surface area contributed by atoms with Gasteiger partial charge in [-0.25, -0.2) is 15.0 Å². The van der Waals surface area contributed by atoms with E-state index in [2.05, 4.69) is 26.9 Å². The summed E-state index contributed by atoms with van der Waals surface area (Å²) < 4.78 is 0. The van der Waals surface area contributed by atoms with Gasteiger partial charge >= 0.3 is 0 Å². The molecule has 2 rings (SSSR count). The average molecular weight is 230 g/mol. The summed E-state index contributed by atoms with van der Waals surface area (Å²) in [5, 5.41) is 0. The fourth-order valence-electron chi connectivity index (χ4n) is 1.60. The molecule has 2 aromatic heterocycles. The summed E-state index contributed by atoms with van der Waals surface area (Å²) in [6.07, 6.45) is 3.41. The van der Waals surface area contributed by atoms with E-state index in [0.29, 0.717) is 17.3 Å². The molecule has 0 aliphatic carbocycles. The lowest BCUT2D eigenvalue weighted by Gasteiger charge is -2.03. The van der Waals surface area contributed by atoms with Gasteiger partial charge in [-0.05, 0) is 19.4 Å². The zero-order valence-corrected chi connectivity index (χ0v) is 9.90. The number of hydrogen-bond donors (Lipinski definition) is 1. The van der Waals surface area contributed by atoms with Crippen molar-refractivity contribution in [3.63, 3.8) is 0 Å². The summed E-state index contributed by atoms with van der Waals surface area (Å²) in [6, 6.07) is 3.27. The summed E-state index contributed by atoms with van der Waals surface area (Å²) in [4.78, 5) is 26.8. The highest BCUT2D eigenvalue weighted by atomic mass is 16.1. The van der Waals surface area contributed by atoms with Crippen LogP contribution in [0.5, 0.6) is 0 Å². The van der Waals surface area contributed by atoms with Crippen molar-refractivity contribution in [3.8, 4) is 11.5 Å². The van der Waals surface area contributed by atoms with Crippen molar-refractivity contribution in [2.75, 3.05) is 0 Å². The standard InChI is InChI=1S/C12H14N4O/c1-3-4-9-7-11(17)16-12(15-9)10-5-6-13-8(2)14-10/h5-7H,3-4H2,1-2H3,(H,15,16,17). The molecule has 5 heteroatoms. The number of nitrogens with zero attached hydrogens (tertiary/aromatic N) is 3. The molecule has 0 amide bonds. The maximum absolute atomic E-state index is 11.5. The molecule has 0 unspecified atom stereocenters. The highest BCUT2D eigenvalue weighted by Crippen LogP contribution is 2.10. The van der Waals surface area contributed by atoms with Gasteiger partial charge in [0.2, 0.25) is 0 Å². The Labute approximate surface area is 99.0 Å². The smallest absolute Gasteiger partial charge is 0.251 e. The van der Waals surface area contributed by atoms with Gasteiger partial charge in [0, 0.05) is 18.0 Å².